The van der Waals surface area contributed by atoms with Crippen LogP contribution < -0.4 is 10.5 Å². The molecule has 1 aliphatic carbocycles. The molecule has 0 aromatic heterocycles. The van der Waals surface area contributed by atoms with Crippen LogP contribution in [0.5, 0.6) is 5.75 Å². The summed E-state index contributed by atoms with van der Waals surface area (Å²) in [6.07, 6.45) is 4.89. The van der Waals surface area contributed by atoms with Crippen molar-refractivity contribution in [2.75, 3.05) is 7.11 Å². The summed E-state index contributed by atoms with van der Waals surface area (Å²) in [7, 11) is 1.60. The summed E-state index contributed by atoms with van der Waals surface area (Å²) in [5, 5.41) is -1.82. The first-order chi connectivity index (χ1) is 18.8. The standard InChI is InChI=1S/C31H31ClF2N2O2S/c1-3-18-4-6-19(7-5-18)20-8-15-26(38-2)21(16-20)17-36(23-11-9-22(35)10-12-23)31(37)30-28(32)27-24(33)13-14-25(34)29(27)39-30/h3-8,13-16,22-23,28,30H,1,9-12,17,35H2,2H3. The predicted molar refractivity (Wildman–Crippen MR) is 154 cm³/mol. The molecule has 204 valence electrons. The Kier molecular flexibility index (Phi) is 8.31. The molecule has 8 heteroatoms. The van der Waals surface area contributed by atoms with Crippen LogP contribution in [0.25, 0.3) is 17.2 Å². The number of nitrogens with zero attached hydrogens (tertiary/aromatic N) is 1. The molecule has 3 aromatic rings. The van der Waals surface area contributed by atoms with E-state index < -0.39 is 22.3 Å². The maximum atomic E-state index is 14.6. The molecule has 0 radical (unpaired) electrons. The molecule has 2 N–H and O–H groups in total. The van der Waals surface area contributed by atoms with Gasteiger partial charge in [-0.25, -0.2) is 8.78 Å². The minimum atomic E-state index is -0.974. The van der Waals surface area contributed by atoms with Crippen molar-refractivity contribution < 1.29 is 18.3 Å². The van der Waals surface area contributed by atoms with Crippen molar-refractivity contribution in [3.05, 3.63) is 89.5 Å². The molecule has 5 rings (SSSR count). The van der Waals surface area contributed by atoms with Gasteiger partial charge in [0, 0.05) is 29.8 Å². The fourth-order valence-electron chi connectivity index (χ4n) is 5.48. The highest BCUT2D eigenvalue weighted by atomic mass is 35.5. The first-order valence-corrected chi connectivity index (χ1v) is 14.4. The fourth-order valence-corrected chi connectivity index (χ4v) is 7.30. The van der Waals surface area contributed by atoms with Gasteiger partial charge in [0.25, 0.3) is 0 Å². The van der Waals surface area contributed by atoms with Gasteiger partial charge in [0.05, 0.1) is 17.4 Å². The van der Waals surface area contributed by atoms with Crippen molar-refractivity contribution in [2.24, 2.45) is 5.73 Å². The Morgan fingerprint density at radius 2 is 1.74 bits per heavy atom. The topological polar surface area (TPSA) is 55.6 Å². The fraction of sp³-hybridized carbons (Fsp3) is 0.323. The SMILES string of the molecule is C=Cc1ccc(-c2ccc(OC)c(CN(C(=O)C3Sc4c(F)ccc(F)c4C3Cl)C3CCC(N)CC3)c2)cc1. The lowest BCUT2D eigenvalue weighted by Gasteiger charge is -2.38. The summed E-state index contributed by atoms with van der Waals surface area (Å²) < 4.78 is 34.9. The van der Waals surface area contributed by atoms with E-state index in [-0.39, 0.29) is 35.0 Å². The van der Waals surface area contributed by atoms with Crippen LogP contribution in [0.2, 0.25) is 0 Å². The summed E-state index contributed by atoms with van der Waals surface area (Å²) in [4.78, 5) is 16.1. The average molecular weight is 569 g/mol. The second kappa shape index (κ2) is 11.7. The number of hydrogen-bond donors (Lipinski definition) is 1. The lowest BCUT2D eigenvalue weighted by atomic mass is 9.90. The van der Waals surface area contributed by atoms with Crippen molar-refractivity contribution in [1.82, 2.24) is 4.90 Å². The van der Waals surface area contributed by atoms with E-state index in [9.17, 15) is 13.6 Å². The predicted octanol–water partition coefficient (Wildman–Crippen LogP) is 7.34. The third-order valence-electron chi connectivity index (χ3n) is 7.69. The zero-order valence-corrected chi connectivity index (χ0v) is 23.3. The molecule has 2 atom stereocenters. The summed E-state index contributed by atoms with van der Waals surface area (Å²) in [6.45, 7) is 4.09. The quantitative estimate of drug-likeness (QED) is 0.303. The smallest absolute Gasteiger partial charge is 0.238 e. The summed E-state index contributed by atoms with van der Waals surface area (Å²) in [5.74, 6) is -0.738. The molecule has 2 aliphatic rings. The number of rotatable bonds is 7. The number of nitrogens with two attached hydrogens (primary N) is 1. The molecule has 0 spiro atoms. The average Bonchev–Trinajstić information content (AvgIpc) is 3.32. The van der Waals surface area contributed by atoms with E-state index in [0.29, 0.717) is 5.75 Å². The van der Waals surface area contributed by atoms with Crippen LogP contribution in [-0.2, 0) is 11.3 Å². The summed E-state index contributed by atoms with van der Waals surface area (Å²) in [5.41, 5.74) is 10.1. The first kappa shape index (κ1) is 27.7. The Hall–Kier alpha value is -2.87. The summed E-state index contributed by atoms with van der Waals surface area (Å²) in [6, 6.07) is 16.2. The molecular formula is C31H31ClF2N2O2S. The zero-order chi connectivity index (χ0) is 27.7. The molecule has 0 saturated heterocycles. The normalized spacial score (nSPS) is 22.3. The van der Waals surface area contributed by atoms with E-state index in [1.54, 1.807) is 13.2 Å². The number of hydrogen-bond acceptors (Lipinski definition) is 4. The first-order valence-electron chi connectivity index (χ1n) is 13.0. The van der Waals surface area contributed by atoms with Gasteiger partial charge in [0.1, 0.15) is 22.6 Å². The number of ether oxygens (including phenoxy) is 1. The van der Waals surface area contributed by atoms with Gasteiger partial charge in [-0.15, -0.1) is 23.4 Å². The number of benzene rings is 3. The molecule has 1 saturated carbocycles. The molecule has 2 unspecified atom stereocenters. The van der Waals surface area contributed by atoms with Gasteiger partial charge in [-0.3, -0.25) is 4.79 Å². The minimum Gasteiger partial charge on any atom is -0.496 e. The van der Waals surface area contributed by atoms with E-state index >= 15 is 0 Å². The second-order valence-corrected chi connectivity index (χ2v) is 11.7. The number of carbonyl (C=O) groups excluding carboxylic acids is 1. The van der Waals surface area contributed by atoms with Crippen LogP contribution in [0, 0.1) is 11.6 Å². The van der Waals surface area contributed by atoms with Crippen molar-refractivity contribution in [3.8, 4) is 16.9 Å². The van der Waals surface area contributed by atoms with Gasteiger partial charge >= 0.3 is 0 Å². The number of fused-ring (bicyclic) bond motifs is 1. The van der Waals surface area contributed by atoms with E-state index in [1.165, 1.54) is 0 Å². The summed E-state index contributed by atoms with van der Waals surface area (Å²) >= 11 is 7.66. The number of carbonyl (C=O) groups is 1. The van der Waals surface area contributed by atoms with Gasteiger partial charge in [-0.2, -0.15) is 0 Å². The molecule has 1 heterocycles. The van der Waals surface area contributed by atoms with Gasteiger partial charge in [-0.1, -0.05) is 43.0 Å². The van der Waals surface area contributed by atoms with Crippen LogP contribution in [0.3, 0.4) is 0 Å². The molecule has 0 bridgehead atoms. The highest BCUT2D eigenvalue weighted by molar-refractivity contribution is 8.01. The Morgan fingerprint density at radius 1 is 1.08 bits per heavy atom. The number of alkyl halides is 1. The maximum Gasteiger partial charge on any atom is 0.238 e. The minimum absolute atomic E-state index is 0.0631. The van der Waals surface area contributed by atoms with Gasteiger partial charge in [0.2, 0.25) is 5.91 Å². The molecule has 3 aromatic carbocycles. The van der Waals surface area contributed by atoms with E-state index in [0.717, 1.165) is 71.8 Å². The molecular weight excluding hydrogens is 538 g/mol. The highest BCUT2D eigenvalue weighted by Gasteiger charge is 2.44. The number of halogens is 3. The van der Waals surface area contributed by atoms with Gasteiger partial charge in [0.15, 0.2) is 0 Å². The van der Waals surface area contributed by atoms with Gasteiger partial charge in [-0.05, 0) is 66.6 Å². The molecule has 39 heavy (non-hydrogen) atoms. The highest BCUT2D eigenvalue weighted by Crippen LogP contribution is 2.51. The van der Waals surface area contributed by atoms with Crippen molar-refractivity contribution in [3.63, 3.8) is 0 Å². The van der Waals surface area contributed by atoms with E-state index in [4.69, 9.17) is 22.1 Å². The number of thioether (sulfide) groups is 1. The number of methoxy groups -OCH3 is 1. The van der Waals surface area contributed by atoms with Crippen LogP contribution in [0.4, 0.5) is 8.78 Å². The Morgan fingerprint density at radius 3 is 2.38 bits per heavy atom. The van der Waals surface area contributed by atoms with Crippen LogP contribution >= 0.6 is 23.4 Å². The molecule has 1 amide bonds. The zero-order valence-electron chi connectivity index (χ0n) is 21.7. The monoisotopic (exact) mass is 568 g/mol. The van der Waals surface area contributed by atoms with Crippen molar-refractivity contribution in [2.45, 2.75) is 59.8 Å². The molecule has 1 fully saturated rings. The van der Waals surface area contributed by atoms with Crippen LogP contribution in [-0.4, -0.2) is 35.3 Å². The lowest BCUT2D eigenvalue weighted by molar-refractivity contribution is -0.134. The van der Waals surface area contributed by atoms with Crippen LogP contribution in [0.1, 0.15) is 47.8 Å². The molecule has 4 nitrogen and oxygen atoms in total. The lowest BCUT2D eigenvalue weighted by Crippen LogP contribution is -2.47. The maximum absolute atomic E-state index is 14.6. The Balaban J connectivity index is 1.49. The van der Waals surface area contributed by atoms with Crippen molar-refractivity contribution >= 4 is 35.3 Å². The number of amides is 1. The van der Waals surface area contributed by atoms with Crippen molar-refractivity contribution in [1.29, 1.82) is 0 Å². The Bertz CT molecular complexity index is 1380. The second-order valence-electron chi connectivity index (χ2n) is 10.1. The Labute approximate surface area is 237 Å². The largest absolute Gasteiger partial charge is 0.496 e. The van der Waals surface area contributed by atoms with Crippen LogP contribution in [0.15, 0.2) is 66.1 Å². The third-order valence-corrected chi connectivity index (χ3v) is 9.69. The van der Waals surface area contributed by atoms with E-state index in [2.05, 4.69) is 6.58 Å². The molecule has 1 aliphatic heterocycles. The van der Waals surface area contributed by atoms with Gasteiger partial charge < -0.3 is 15.4 Å². The van der Waals surface area contributed by atoms with E-state index in [1.807, 2.05) is 47.4 Å². The third kappa shape index (κ3) is 5.58.